The molecule has 0 spiro atoms. The summed E-state index contributed by atoms with van der Waals surface area (Å²) in [5.41, 5.74) is 0.911. The van der Waals surface area contributed by atoms with Crippen LogP contribution in [0.1, 0.15) is 25.3 Å². The molecule has 0 saturated carbocycles. The highest BCUT2D eigenvalue weighted by Gasteiger charge is 2.24. The molecule has 5 heteroatoms. The molecule has 5 nitrogen and oxygen atoms in total. The van der Waals surface area contributed by atoms with Crippen molar-refractivity contribution in [1.29, 1.82) is 0 Å². The van der Waals surface area contributed by atoms with E-state index in [2.05, 4.69) is 17.6 Å². The lowest BCUT2D eigenvalue weighted by atomic mass is 9.94. The first-order valence-electron chi connectivity index (χ1n) is 7.36. The highest BCUT2D eigenvalue weighted by atomic mass is 16.5. The number of carbonyl (C=O) groups excluding carboxylic acids is 1. The van der Waals surface area contributed by atoms with Crippen molar-refractivity contribution < 1.29 is 14.3 Å². The van der Waals surface area contributed by atoms with Gasteiger partial charge in [0.05, 0.1) is 20.3 Å². The van der Waals surface area contributed by atoms with Crippen LogP contribution in [-0.4, -0.2) is 32.7 Å². The zero-order chi connectivity index (χ0) is 15.2. The summed E-state index contributed by atoms with van der Waals surface area (Å²) in [5.74, 6) is 2.14. The molecule has 0 bridgehead atoms. The Morgan fingerprint density at radius 2 is 2.19 bits per heavy atom. The molecule has 1 aromatic rings. The van der Waals surface area contributed by atoms with Crippen molar-refractivity contribution in [3.05, 3.63) is 23.8 Å². The first-order chi connectivity index (χ1) is 10.1. The van der Waals surface area contributed by atoms with Gasteiger partial charge in [-0.15, -0.1) is 0 Å². The van der Waals surface area contributed by atoms with Gasteiger partial charge < -0.3 is 20.1 Å². The zero-order valence-corrected chi connectivity index (χ0v) is 12.9. The number of nitrogens with one attached hydrogen (secondary N) is 2. The van der Waals surface area contributed by atoms with E-state index in [4.69, 9.17) is 9.47 Å². The molecule has 1 fully saturated rings. The summed E-state index contributed by atoms with van der Waals surface area (Å²) in [6.07, 6.45) is 2.02. The summed E-state index contributed by atoms with van der Waals surface area (Å²) in [7, 11) is 3.25. The molecule has 0 radical (unpaired) electrons. The van der Waals surface area contributed by atoms with Crippen LogP contribution < -0.4 is 20.1 Å². The van der Waals surface area contributed by atoms with E-state index < -0.39 is 0 Å². The minimum atomic E-state index is -0.0923. The SMILES string of the molecule is COc1ccc(OC)c(CNC(=O)C2CC(C)CCN2)c1. The second kappa shape index (κ2) is 7.31. The van der Waals surface area contributed by atoms with Crippen molar-refractivity contribution in [3.8, 4) is 11.5 Å². The van der Waals surface area contributed by atoms with E-state index in [-0.39, 0.29) is 11.9 Å². The summed E-state index contributed by atoms with van der Waals surface area (Å²) in [6, 6.07) is 5.48. The van der Waals surface area contributed by atoms with Crippen molar-refractivity contribution in [2.24, 2.45) is 5.92 Å². The van der Waals surface area contributed by atoms with Crippen LogP contribution in [0, 0.1) is 5.92 Å². The van der Waals surface area contributed by atoms with Crippen LogP contribution in [0.4, 0.5) is 0 Å². The Labute approximate surface area is 126 Å². The van der Waals surface area contributed by atoms with E-state index in [0.717, 1.165) is 36.4 Å². The minimum absolute atomic E-state index is 0.0476. The Balaban J connectivity index is 1.97. The minimum Gasteiger partial charge on any atom is -0.497 e. The molecular weight excluding hydrogens is 268 g/mol. The standard InChI is InChI=1S/C16H24N2O3/c1-11-6-7-17-14(8-11)16(19)18-10-12-9-13(20-2)4-5-15(12)21-3/h4-5,9,11,14,17H,6-8,10H2,1-3H3,(H,18,19). The number of benzene rings is 1. The number of piperidine rings is 1. The van der Waals surface area contributed by atoms with Gasteiger partial charge in [0.15, 0.2) is 0 Å². The Morgan fingerprint density at radius 3 is 2.86 bits per heavy atom. The summed E-state index contributed by atoms with van der Waals surface area (Å²) >= 11 is 0. The average Bonchev–Trinajstić information content (AvgIpc) is 2.52. The number of amides is 1. The van der Waals surface area contributed by atoms with Crippen molar-refractivity contribution >= 4 is 5.91 Å². The quantitative estimate of drug-likeness (QED) is 0.867. The fourth-order valence-corrected chi connectivity index (χ4v) is 2.63. The number of carbonyl (C=O) groups is 1. The van der Waals surface area contributed by atoms with Crippen LogP contribution in [-0.2, 0) is 11.3 Å². The molecule has 1 heterocycles. The van der Waals surface area contributed by atoms with Crippen LogP contribution in [0.15, 0.2) is 18.2 Å². The molecule has 116 valence electrons. The Bertz CT molecular complexity index is 490. The lowest BCUT2D eigenvalue weighted by Gasteiger charge is -2.27. The Hall–Kier alpha value is -1.75. The molecule has 1 aromatic carbocycles. The summed E-state index contributed by atoms with van der Waals surface area (Å²) < 4.78 is 10.5. The predicted octanol–water partition coefficient (Wildman–Crippen LogP) is 1.71. The van der Waals surface area contributed by atoms with Gasteiger partial charge in [0.25, 0.3) is 0 Å². The van der Waals surface area contributed by atoms with Crippen LogP contribution in [0.2, 0.25) is 0 Å². The number of rotatable bonds is 5. The third kappa shape index (κ3) is 4.11. The van der Waals surface area contributed by atoms with Gasteiger partial charge in [0, 0.05) is 12.1 Å². The first-order valence-corrected chi connectivity index (χ1v) is 7.36. The van der Waals surface area contributed by atoms with Crippen molar-refractivity contribution in [3.63, 3.8) is 0 Å². The topological polar surface area (TPSA) is 59.6 Å². The molecule has 2 atom stereocenters. The normalized spacial score (nSPS) is 21.7. The van der Waals surface area contributed by atoms with Gasteiger partial charge in [-0.2, -0.15) is 0 Å². The number of hydrogen-bond donors (Lipinski definition) is 2. The third-order valence-corrected chi connectivity index (χ3v) is 3.92. The van der Waals surface area contributed by atoms with Crippen molar-refractivity contribution in [2.75, 3.05) is 20.8 Å². The van der Waals surface area contributed by atoms with E-state index in [1.165, 1.54) is 0 Å². The van der Waals surface area contributed by atoms with Gasteiger partial charge in [-0.05, 0) is 43.5 Å². The van der Waals surface area contributed by atoms with Crippen molar-refractivity contribution in [1.82, 2.24) is 10.6 Å². The molecule has 2 N–H and O–H groups in total. The molecule has 1 amide bonds. The maximum absolute atomic E-state index is 12.2. The van der Waals surface area contributed by atoms with E-state index in [0.29, 0.717) is 12.5 Å². The lowest BCUT2D eigenvalue weighted by Crippen LogP contribution is -2.48. The van der Waals surface area contributed by atoms with Gasteiger partial charge in [-0.1, -0.05) is 6.92 Å². The van der Waals surface area contributed by atoms with Gasteiger partial charge in [0.1, 0.15) is 11.5 Å². The molecule has 1 aliphatic heterocycles. The van der Waals surface area contributed by atoms with Crippen LogP contribution in [0.5, 0.6) is 11.5 Å². The van der Waals surface area contributed by atoms with E-state index in [1.54, 1.807) is 14.2 Å². The molecule has 21 heavy (non-hydrogen) atoms. The summed E-state index contributed by atoms with van der Waals surface area (Å²) in [6.45, 7) is 3.53. The highest BCUT2D eigenvalue weighted by Crippen LogP contribution is 2.24. The summed E-state index contributed by atoms with van der Waals surface area (Å²) in [4.78, 5) is 12.2. The lowest BCUT2D eigenvalue weighted by molar-refractivity contribution is -0.124. The van der Waals surface area contributed by atoms with Crippen molar-refractivity contribution in [2.45, 2.75) is 32.4 Å². The van der Waals surface area contributed by atoms with E-state index in [1.807, 2.05) is 18.2 Å². The molecule has 0 aliphatic carbocycles. The van der Waals surface area contributed by atoms with Crippen LogP contribution in [0.3, 0.4) is 0 Å². The third-order valence-electron chi connectivity index (χ3n) is 3.92. The number of hydrogen-bond acceptors (Lipinski definition) is 4. The molecule has 2 rings (SSSR count). The molecule has 1 saturated heterocycles. The fraction of sp³-hybridized carbons (Fsp3) is 0.562. The smallest absolute Gasteiger partial charge is 0.237 e. The van der Waals surface area contributed by atoms with Gasteiger partial charge in [-0.25, -0.2) is 0 Å². The van der Waals surface area contributed by atoms with Gasteiger partial charge in [0.2, 0.25) is 5.91 Å². The monoisotopic (exact) mass is 292 g/mol. The second-order valence-electron chi connectivity index (χ2n) is 5.53. The highest BCUT2D eigenvalue weighted by molar-refractivity contribution is 5.81. The van der Waals surface area contributed by atoms with Gasteiger partial charge in [-0.3, -0.25) is 4.79 Å². The average molecular weight is 292 g/mol. The molecule has 0 aromatic heterocycles. The van der Waals surface area contributed by atoms with E-state index >= 15 is 0 Å². The fourth-order valence-electron chi connectivity index (χ4n) is 2.63. The maximum Gasteiger partial charge on any atom is 0.237 e. The number of methoxy groups -OCH3 is 2. The summed E-state index contributed by atoms with van der Waals surface area (Å²) in [5, 5.41) is 6.25. The molecular formula is C16H24N2O3. The predicted molar refractivity (Wildman–Crippen MR) is 81.6 cm³/mol. The van der Waals surface area contributed by atoms with Crippen LogP contribution in [0.25, 0.3) is 0 Å². The Kier molecular flexibility index (Phi) is 5.44. The maximum atomic E-state index is 12.2. The largest absolute Gasteiger partial charge is 0.497 e. The Morgan fingerprint density at radius 1 is 1.38 bits per heavy atom. The zero-order valence-electron chi connectivity index (χ0n) is 12.9. The molecule has 2 unspecified atom stereocenters. The number of ether oxygens (including phenoxy) is 2. The van der Waals surface area contributed by atoms with E-state index in [9.17, 15) is 4.79 Å². The van der Waals surface area contributed by atoms with Gasteiger partial charge >= 0.3 is 0 Å². The van der Waals surface area contributed by atoms with Crippen LogP contribution >= 0.6 is 0 Å². The first kappa shape index (κ1) is 15.6. The molecule has 1 aliphatic rings. The second-order valence-corrected chi connectivity index (χ2v) is 5.53.